The van der Waals surface area contributed by atoms with Crippen molar-refractivity contribution >= 4 is 22.4 Å². The number of hydrogen-bond donors (Lipinski definition) is 2. The van der Waals surface area contributed by atoms with Crippen molar-refractivity contribution in [3.05, 3.63) is 29.6 Å². The first kappa shape index (κ1) is 14.7. The summed E-state index contributed by atoms with van der Waals surface area (Å²) in [6, 6.07) is 3.78. The number of piperidine rings is 1. The normalized spacial score (nSPS) is 28.6. The van der Waals surface area contributed by atoms with E-state index in [4.69, 9.17) is 0 Å². The van der Waals surface area contributed by atoms with Crippen LogP contribution in [0, 0.1) is 24.6 Å². The Morgan fingerprint density at radius 1 is 1.32 bits per heavy atom. The molecule has 0 aromatic heterocycles. The van der Waals surface area contributed by atoms with E-state index in [0.717, 1.165) is 13.1 Å². The van der Waals surface area contributed by atoms with Gasteiger partial charge in [-0.2, -0.15) is 0 Å². The number of nitrogens with one attached hydrogen (secondary N) is 2. The molecule has 19 heavy (non-hydrogen) atoms. The monoisotopic (exact) mass is 306 g/mol. The van der Waals surface area contributed by atoms with Crippen LogP contribution in [-0.2, 0) is 10.0 Å². The number of fused-ring (bicyclic) bond motifs is 1. The quantitative estimate of drug-likeness (QED) is 0.878. The number of hydrogen-bond acceptors (Lipinski definition) is 3. The first-order chi connectivity index (χ1) is 8.49. The molecule has 2 atom stereocenters. The Hall–Kier alpha value is -0.690. The van der Waals surface area contributed by atoms with E-state index in [1.165, 1.54) is 18.2 Å². The van der Waals surface area contributed by atoms with E-state index in [1.54, 1.807) is 6.92 Å². The van der Waals surface area contributed by atoms with Gasteiger partial charge in [0.25, 0.3) is 0 Å². The largest absolute Gasteiger partial charge is 0.316 e. The maximum Gasteiger partial charge on any atom is 0.241 e. The van der Waals surface area contributed by atoms with Gasteiger partial charge in [0, 0.05) is 6.04 Å². The third kappa shape index (κ3) is 2.63. The van der Waals surface area contributed by atoms with E-state index < -0.39 is 15.8 Å². The van der Waals surface area contributed by atoms with E-state index in [9.17, 15) is 12.8 Å². The van der Waals surface area contributed by atoms with Crippen LogP contribution in [0.1, 0.15) is 5.56 Å². The summed E-state index contributed by atoms with van der Waals surface area (Å²) < 4.78 is 40.1. The van der Waals surface area contributed by atoms with Crippen molar-refractivity contribution in [2.24, 2.45) is 11.8 Å². The van der Waals surface area contributed by atoms with E-state index in [0.29, 0.717) is 17.4 Å². The predicted molar refractivity (Wildman–Crippen MR) is 72.3 cm³/mol. The van der Waals surface area contributed by atoms with Crippen molar-refractivity contribution in [2.75, 3.05) is 13.1 Å². The second-order valence-electron chi connectivity index (χ2n) is 5.04. The summed E-state index contributed by atoms with van der Waals surface area (Å²) in [5.41, 5.74) is 0.437. The predicted octanol–water partition coefficient (Wildman–Crippen LogP) is 1.05. The molecular weight excluding hydrogens is 291 g/mol. The van der Waals surface area contributed by atoms with Crippen LogP contribution in [0.4, 0.5) is 4.39 Å². The highest BCUT2D eigenvalue weighted by molar-refractivity contribution is 7.89. The third-order valence-corrected chi connectivity index (χ3v) is 5.43. The topological polar surface area (TPSA) is 58.2 Å². The van der Waals surface area contributed by atoms with Gasteiger partial charge in [-0.3, -0.25) is 0 Å². The molecule has 106 valence electrons. The highest BCUT2D eigenvalue weighted by atomic mass is 35.5. The molecule has 7 heteroatoms. The van der Waals surface area contributed by atoms with Crippen LogP contribution in [0.25, 0.3) is 0 Å². The van der Waals surface area contributed by atoms with Crippen LogP contribution in [-0.4, -0.2) is 27.5 Å². The Balaban J connectivity index is 0.00000133. The Morgan fingerprint density at radius 3 is 2.53 bits per heavy atom. The smallest absolute Gasteiger partial charge is 0.241 e. The Morgan fingerprint density at radius 2 is 1.95 bits per heavy atom. The first-order valence-corrected chi connectivity index (χ1v) is 7.46. The van der Waals surface area contributed by atoms with Crippen molar-refractivity contribution in [3.63, 3.8) is 0 Å². The molecule has 2 fully saturated rings. The maximum absolute atomic E-state index is 13.0. The summed E-state index contributed by atoms with van der Waals surface area (Å²) in [6.45, 7) is 3.35. The molecule has 0 spiro atoms. The summed E-state index contributed by atoms with van der Waals surface area (Å²) in [6.07, 6.45) is 0. The van der Waals surface area contributed by atoms with E-state index in [1.807, 2.05) is 0 Å². The molecule has 2 aliphatic rings. The average molecular weight is 307 g/mol. The molecular formula is C12H16ClFN2O2S. The third-order valence-electron chi connectivity index (χ3n) is 3.81. The second-order valence-corrected chi connectivity index (χ2v) is 6.73. The van der Waals surface area contributed by atoms with Crippen molar-refractivity contribution in [1.82, 2.24) is 10.0 Å². The summed E-state index contributed by atoms with van der Waals surface area (Å²) >= 11 is 0. The molecule has 0 bridgehead atoms. The summed E-state index contributed by atoms with van der Waals surface area (Å²) in [5.74, 6) is 0.417. The number of halogens is 2. The van der Waals surface area contributed by atoms with Crippen molar-refractivity contribution in [1.29, 1.82) is 0 Å². The minimum absolute atomic E-state index is 0. The number of aryl methyl sites for hydroxylation is 1. The lowest BCUT2D eigenvalue weighted by Gasteiger charge is -2.10. The van der Waals surface area contributed by atoms with Crippen LogP contribution < -0.4 is 10.0 Å². The number of benzene rings is 1. The molecule has 1 saturated heterocycles. The molecule has 0 radical (unpaired) electrons. The van der Waals surface area contributed by atoms with Gasteiger partial charge in [-0.05, 0) is 55.6 Å². The first-order valence-electron chi connectivity index (χ1n) is 5.98. The summed E-state index contributed by atoms with van der Waals surface area (Å²) in [4.78, 5) is 0.168. The fourth-order valence-electron chi connectivity index (χ4n) is 2.75. The highest BCUT2D eigenvalue weighted by Gasteiger charge is 2.54. The fraction of sp³-hybridized carbons (Fsp3) is 0.500. The lowest BCUT2D eigenvalue weighted by atomic mass is 10.2. The lowest BCUT2D eigenvalue weighted by Crippen LogP contribution is -2.32. The molecule has 2 N–H and O–H groups in total. The van der Waals surface area contributed by atoms with Crippen LogP contribution in [0.15, 0.2) is 23.1 Å². The van der Waals surface area contributed by atoms with Gasteiger partial charge in [-0.15, -0.1) is 12.4 Å². The summed E-state index contributed by atoms with van der Waals surface area (Å²) in [7, 11) is -3.53. The van der Waals surface area contributed by atoms with Crippen LogP contribution in [0.5, 0.6) is 0 Å². The second kappa shape index (κ2) is 5.01. The Kier molecular flexibility index (Phi) is 3.88. The molecule has 1 aromatic rings. The van der Waals surface area contributed by atoms with Gasteiger partial charge in [-0.1, -0.05) is 0 Å². The maximum atomic E-state index is 13.0. The standard InChI is InChI=1S/C12H15FN2O2S.ClH/c1-7-4-8(13)2-3-11(7)18(16,17)15-12-9-5-14-6-10(9)12;/h2-4,9-10,12,14-15H,5-6H2,1H3;1H. The minimum atomic E-state index is -3.53. The molecule has 1 aromatic carbocycles. The van der Waals surface area contributed by atoms with Gasteiger partial charge < -0.3 is 5.32 Å². The molecule has 1 saturated carbocycles. The molecule has 1 aliphatic heterocycles. The van der Waals surface area contributed by atoms with Gasteiger partial charge >= 0.3 is 0 Å². The zero-order valence-electron chi connectivity index (χ0n) is 10.4. The van der Waals surface area contributed by atoms with Crippen molar-refractivity contribution in [3.8, 4) is 0 Å². The minimum Gasteiger partial charge on any atom is -0.316 e. The van der Waals surface area contributed by atoms with Gasteiger partial charge in [0.05, 0.1) is 4.90 Å². The van der Waals surface area contributed by atoms with E-state index >= 15 is 0 Å². The molecule has 1 heterocycles. The SMILES string of the molecule is Cc1cc(F)ccc1S(=O)(=O)NC1C2CNCC21.Cl. The molecule has 0 amide bonds. The van der Waals surface area contributed by atoms with Crippen molar-refractivity contribution < 1.29 is 12.8 Å². The van der Waals surface area contributed by atoms with Gasteiger partial charge in [-0.25, -0.2) is 17.5 Å². The van der Waals surface area contributed by atoms with Crippen LogP contribution in [0.2, 0.25) is 0 Å². The van der Waals surface area contributed by atoms with Crippen molar-refractivity contribution in [2.45, 2.75) is 17.9 Å². The summed E-state index contributed by atoms with van der Waals surface area (Å²) in [5, 5.41) is 3.21. The average Bonchev–Trinajstić information content (AvgIpc) is 2.74. The van der Waals surface area contributed by atoms with Gasteiger partial charge in [0.2, 0.25) is 10.0 Å². The highest BCUT2D eigenvalue weighted by Crippen LogP contribution is 2.42. The molecule has 1 aliphatic carbocycles. The zero-order valence-corrected chi connectivity index (χ0v) is 12.0. The zero-order chi connectivity index (χ0) is 12.9. The number of rotatable bonds is 3. The number of sulfonamides is 1. The Bertz CT molecular complexity index is 583. The van der Waals surface area contributed by atoms with Gasteiger partial charge in [0.1, 0.15) is 5.82 Å². The van der Waals surface area contributed by atoms with E-state index in [2.05, 4.69) is 10.0 Å². The van der Waals surface area contributed by atoms with Crippen LogP contribution in [0.3, 0.4) is 0 Å². The van der Waals surface area contributed by atoms with Gasteiger partial charge in [0.15, 0.2) is 0 Å². The van der Waals surface area contributed by atoms with Crippen LogP contribution >= 0.6 is 12.4 Å². The van der Waals surface area contributed by atoms with E-state index in [-0.39, 0.29) is 23.3 Å². The molecule has 3 rings (SSSR count). The molecule has 2 unspecified atom stereocenters. The molecule has 4 nitrogen and oxygen atoms in total. The fourth-order valence-corrected chi connectivity index (χ4v) is 4.31. The lowest BCUT2D eigenvalue weighted by molar-refractivity contribution is 0.564. The Labute approximate surface area is 118 Å².